The van der Waals surface area contributed by atoms with Gasteiger partial charge in [0.1, 0.15) is 12.7 Å². The zero-order valence-corrected chi connectivity index (χ0v) is 27.5. The third-order valence-corrected chi connectivity index (χ3v) is 15.1. The molecule has 5 saturated carbocycles. The Morgan fingerprint density at radius 1 is 0.905 bits per heavy atom. The molecule has 5 aliphatic carbocycles. The molecular formula is C36H58O6. The number of hydrogen-bond acceptors (Lipinski definition) is 6. The van der Waals surface area contributed by atoms with Crippen LogP contribution in [0.3, 0.4) is 0 Å². The maximum Gasteiger partial charge on any atom is 0.312 e. The number of rotatable bonds is 5. The van der Waals surface area contributed by atoms with Gasteiger partial charge in [-0.15, -0.1) is 0 Å². The van der Waals surface area contributed by atoms with Crippen molar-refractivity contribution in [1.82, 2.24) is 0 Å². The zero-order chi connectivity index (χ0) is 30.5. The van der Waals surface area contributed by atoms with Crippen molar-refractivity contribution in [2.75, 3.05) is 19.8 Å². The lowest BCUT2D eigenvalue weighted by molar-refractivity contribution is -0.254. The topological polar surface area (TPSA) is 85.2 Å². The van der Waals surface area contributed by atoms with Crippen molar-refractivity contribution in [3.63, 3.8) is 0 Å². The average molecular weight is 587 g/mol. The van der Waals surface area contributed by atoms with E-state index in [0.29, 0.717) is 30.3 Å². The Balaban J connectivity index is 1.30. The summed E-state index contributed by atoms with van der Waals surface area (Å²) in [6.07, 6.45) is 9.49. The molecule has 0 aromatic rings. The number of esters is 1. The van der Waals surface area contributed by atoms with E-state index in [1.807, 2.05) is 13.8 Å². The molecule has 6 rings (SSSR count). The van der Waals surface area contributed by atoms with Crippen molar-refractivity contribution in [3.8, 4) is 0 Å². The fraction of sp³-hybridized carbons (Fsp3) is 0.917. The minimum Gasteiger partial charge on any atom is -0.462 e. The largest absolute Gasteiger partial charge is 0.462 e. The highest BCUT2D eigenvalue weighted by molar-refractivity contribution is 5.78. The Bertz CT molecular complexity index is 1100. The van der Waals surface area contributed by atoms with Gasteiger partial charge in [0.2, 0.25) is 0 Å². The molecule has 6 heteroatoms. The minimum atomic E-state index is -0.627. The molecule has 42 heavy (non-hydrogen) atoms. The third kappa shape index (κ3) is 4.13. The quantitative estimate of drug-likeness (QED) is 0.276. The van der Waals surface area contributed by atoms with Gasteiger partial charge >= 0.3 is 5.97 Å². The standard InChI is InChI=1S/C36H58O6/c1-22(2)24-11-16-36(30(39)40-19-23-20-41-31(3,4)42-23)18-17-34(7)25(29(24)36)9-10-27-32(5)14-13-28(38)33(6,21-37)26(32)12-15-35(27,34)8/h23-29,37-38H,1,9-21H2,2-8H3/t23?,24-,25?,26+,27+,28?,29+,32-,33?,34+,35+,36-/m0/s1. The molecule has 0 amide bonds. The van der Waals surface area contributed by atoms with E-state index < -0.39 is 22.7 Å². The van der Waals surface area contributed by atoms with E-state index >= 15 is 0 Å². The van der Waals surface area contributed by atoms with Crippen LogP contribution in [0.4, 0.5) is 0 Å². The van der Waals surface area contributed by atoms with Gasteiger partial charge in [-0.2, -0.15) is 0 Å². The molecule has 2 N–H and O–H groups in total. The predicted octanol–water partition coefficient (Wildman–Crippen LogP) is 6.67. The van der Waals surface area contributed by atoms with Crippen LogP contribution < -0.4 is 0 Å². The Kier molecular flexibility index (Phi) is 7.41. The first kappa shape index (κ1) is 31.0. The highest BCUT2D eigenvalue weighted by Crippen LogP contribution is 2.77. The lowest BCUT2D eigenvalue weighted by Gasteiger charge is -2.72. The number of hydrogen-bond donors (Lipinski definition) is 2. The summed E-state index contributed by atoms with van der Waals surface area (Å²) in [7, 11) is 0. The van der Waals surface area contributed by atoms with Gasteiger partial charge in [-0.3, -0.25) is 4.79 Å². The molecule has 238 valence electrons. The van der Waals surface area contributed by atoms with Crippen molar-refractivity contribution in [3.05, 3.63) is 12.2 Å². The Morgan fingerprint density at radius 3 is 2.29 bits per heavy atom. The monoisotopic (exact) mass is 586 g/mol. The molecule has 1 aliphatic heterocycles. The van der Waals surface area contributed by atoms with Crippen LogP contribution in [-0.4, -0.2) is 54.0 Å². The maximum absolute atomic E-state index is 14.2. The number of aliphatic hydroxyl groups excluding tert-OH is 2. The van der Waals surface area contributed by atoms with Crippen molar-refractivity contribution in [1.29, 1.82) is 0 Å². The van der Waals surface area contributed by atoms with E-state index in [1.54, 1.807) is 0 Å². The lowest BCUT2D eigenvalue weighted by Crippen LogP contribution is -2.67. The highest BCUT2D eigenvalue weighted by Gasteiger charge is 2.72. The molecule has 0 radical (unpaired) electrons. The third-order valence-electron chi connectivity index (χ3n) is 15.1. The van der Waals surface area contributed by atoms with E-state index in [9.17, 15) is 15.0 Å². The van der Waals surface area contributed by atoms with E-state index in [0.717, 1.165) is 64.2 Å². The second kappa shape index (κ2) is 10.0. The Labute approximate surface area is 254 Å². The van der Waals surface area contributed by atoms with E-state index in [4.69, 9.17) is 14.2 Å². The summed E-state index contributed by atoms with van der Waals surface area (Å²) in [4.78, 5) is 14.2. The smallest absolute Gasteiger partial charge is 0.312 e. The second-order valence-corrected chi connectivity index (χ2v) is 17.1. The molecule has 1 saturated heterocycles. The first-order valence-electron chi connectivity index (χ1n) is 17.0. The normalized spacial score (nSPS) is 52.9. The van der Waals surface area contributed by atoms with Crippen LogP contribution in [0.25, 0.3) is 0 Å². The summed E-state index contributed by atoms with van der Waals surface area (Å²) in [5.74, 6) is 1.30. The van der Waals surface area contributed by atoms with Gasteiger partial charge in [0.05, 0.1) is 24.7 Å². The van der Waals surface area contributed by atoms with Gasteiger partial charge in [-0.1, -0.05) is 39.8 Å². The average Bonchev–Trinajstić information content (AvgIpc) is 3.50. The minimum absolute atomic E-state index is 0.0190. The van der Waals surface area contributed by atoms with Crippen LogP contribution in [-0.2, 0) is 19.0 Å². The second-order valence-electron chi connectivity index (χ2n) is 17.1. The molecule has 6 nitrogen and oxygen atoms in total. The van der Waals surface area contributed by atoms with Gasteiger partial charge < -0.3 is 24.4 Å². The van der Waals surface area contributed by atoms with Crippen molar-refractivity contribution >= 4 is 5.97 Å². The van der Waals surface area contributed by atoms with Crippen LogP contribution in [0.1, 0.15) is 113 Å². The van der Waals surface area contributed by atoms with Gasteiger partial charge in [0.25, 0.3) is 0 Å². The predicted molar refractivity (Wildman–Crippen MR) is 162 cm³/mol. The van der Waals surface area contributed by atoms with Crippen LogP contribution in [0.15, 0.2) is 12.2 Å². The molecule has 6 aliphatic rings. The molecule has 6 fully saturated rings. The first-order valence-corrected chi connectivity index (χ1v) is 17.0. The summed E-state index contributed by atoms with van der Waals surface area (Å²) in [5.41, 5.74) is 0.712. The van der Waals surface area contributed by atoms with Gasteiger partial charge in [0.15, 0.2) is 5.79 Å². The number of aliphatic hydroxyl groups is 2. The van der Waals surface area contributed by atoms with Crippen LogP contribution >= 0.6 is 0 Å². The summed E-state index contributed by atoms with van der Waals surface area (Å²) in [6.45, 7) is 21.0. The van der Waals surface area contributed by atoms with Crippen molar-refractivity contribution in [2.24, 2.45) is 56.7 Å². The SMILES string of the molecule is C=C(C)[C@@H]1CC[C@]2(C(=O)OCC3COC(C)(C)O3)CC[C@]3(C)C(CC[C@@H]4[C@@]5(C)CCC(O)C(C)(CO)[C@@H]5CC[C@]43C)[C@@H]12. The number of ether oxygens (including phenoxy) is 3. The summed E-state index contributed by atoms with van der Waals surface area (Å²) in [5, 5.41) is 21.6. The fourth-order valence-electron chi connectivity index (χ4n) is 12.7. The molecular weight excluding hydrogens is 528 g/mol. The van der Waals surface area contributed by atoms with Gasteiger partial charge in [-0.05, 0) is 131 Å². The molecule has 4 unspecified atom stereocenters. The molecule has 0 spiro atoms. The zero-order valence-electron chi connectivity index (χ0n) is 27.5. The van der Waals surface area contributed by atoms with Crippen molar-refractivity contribution < 1.29 is 29.2 Å². The van der Waals surface area contributed by atoms with E-state index in [-0.39, 0.29) is 47.4 Å². The Morgan fingerprint density at radius 2 is 1.64 bits per heavy atom. The Hall–Kier alpha value is -0.950. The summed E-state index contributed by atoms with van der Waals surface area (Å²) < 4.78 is 17.8. The number of carbonyl (C=O) groups is 1. The van der Waals surface area contributed by atoms with Crippen molar-refractivity contribution in [2.45, 2.75) is 131 Å². The van der Waals surface area contributed by atoms with E-state index in [1.165, 1.54) is 5.57 Å². The molecule has 12 atom stereocenters. The van der Waals surface area contributed by atoms with Crippen LogP contribution in [0.5, 0.6) is 0 Å². The van der Waals surface area contributed by atoms with Crippen LogP contribution in [0.2, 0.25) is 0 Å². The first-order chi connectivity index (χ1) is 19.6. The fourth-order valence-corrected chi connectivity index (χ4v) is 12.7. The number of carbonyl (C=O) groups excluding carboxylic acids is 1. The summed E-state index contributed by atoms with van der Waals surface area (Å²) >= 11 is 0. The number of fused-ring (bicyclic) bond motifs is 7. The maximum atomic E-state index is 14.2. The van der Waals surface area contributed by atoms with Crippen LogP contribution in [0, 0.1) is 56.7 Å². The lowest BCUT2D eigenvalue weighted by atomic mass is 9.32. The molecule has 0 aromatic heterocycles. The van der Waals surface area contributed by atoms with Gasteiger partial charge in [0, 0.05) is 5.41 Å². The highest BCUT2D eigenvalue weighted by atomic mass is 16.7. The van der Waals surface area contributed by atoms with E-state index in [2.05, 4.69) is 41.2 Å². The number of allylic oxidation sites excluding steroid dienone is 1. The molecule has 0 aromatic carbocycles. The molecule has 0 bridgehead atoms. The molecule has 1 heterocycles. The van der Waals surface area contributed by atoms with Gasteiger partial charge in [-0.25, -0.2) is 0 Å². The summed E-state index contributed by atoms with van der Waals surface area (Å²) in [6, 6.07) is 0.